The first-order chi connectivity index (χ1) is 9.69. The van der Waals surface area contributed by atoms with Crippen LogP contribution < -0.4 is 5.32 Å². The molecule has 0 aromatic heterocycles. The fourth-order valence-electron chi connectivity index (χ4n) is 1.63. The fourth-order valence-corrected chi connectivity index (χ4v) is 2.52. The third kappa shape index (κ3) is 3.87. The summed E-state index contributed by atoms with van der Waals surface area (Å²) in [5.41, 5.74) is 1.28. The van der Waals surface area contributed by atoms with E-state index in [0.29, 0.717) is 11.3 Å². The van der Waals surface area contributed by atoms with Gasteiger partial charge in [0.05, 0.1) is 16.9 Å². The molecule has 0 radical (unpaired) electrons. The smallest absolute Gasteiger partial charge is 0.237 e. The molecular weight excluding hydrogens is 268 g/mol. The molecule has 0 saturated heterocycles. The van der Waals surface area contributed by atoms with Gasteiger partial charge in [-0.25, -0.2) is 0 Å². The number of nitrogens with zero attached hydrogens (tertiary/aromatic N) is 1. The Morgan fingerprint density at radius 3 is 2.40 bits per heavy atom. The van der Waals surface area contributed by atoms with Gasteiger partial charge in [-0.3, -0.25) is 4.79 Å². The Kier molecular flexibility index (Phi) is 4.80. The maximum atomic E-state index is 12.1. The van der Waals surface area contributed by atoms with Gasteiger partial charge in [-0.2, -0.15) is 5.26 Å². The highest BCUT2D eigenvalue weighted by Gasteiger charge is 2.14. The number of carbonyl (C=O) groups excluding carboxylic acids is 1. The predicted octanol–water partition coefficient (Wildman–Crippen LogP) is 3.68. The van der Waals surface area contributed by atoms with Crippen molar-refractivity contribution in [2.75, 3.05) is 5.32 Å². The Hall–Kier alpha value is -2.25. The Bertz CT molecular complexity index is 617. The van der Waals surface area contributed by atoms with Gasteiger partial charge in [0.15, 0.2) is 0 Å². The van der Waals surface area contributed by atoms with E-state index in [9.17, 15) is 4.79 Å². The van der Waals surface area contributed by atoms with Crippen LogP contribution in [0.5, 0.6) is 0 Å². The van der Waals surface area contributed by atoms with Crippen molar-refractivity contribution in [1.29, 1.82) is 5.26 Å². The minimum absolute atomic E-state index is 0.0523. The minimum atomic E-state index is -0.187. The highest BCUT2D eigenvalue weighted by Crippen LogP contribution is 2.23. The topological polar surface area (TPSA) is 52.9 Å². The zero-order valence-electron chi connectivity index (χ0n) is 11.0. The molecule has 0 fully saturated rings. The number of nitriles is 1. The van der Waals surface area contributed by atoms with Crippen LogP contribution in [0.4, 0.5) is 5.69 Å². The molecule has 0 aliphatic heterocycles. The molecule has 1 unspecified atom stereocenters. The lowest BCUT2D eigenvalue weighted by Crippen LogP contribution is -2.22. The molecule has 3 nitrogen and oxygen atoms in total. The van der Waals surface area contributed by atoms with Gasteiger partial charge in [0.2, 0.25) is 5.91 Å². The molecule has 1 amide bonds. The molecule has 1 N–H and O–H groups in total. The summed E-state index contributed by atoms with van der Waals surface area (Å²) < 4.78 is 0. The number of thioether (sulfide) groups is 1. The molecule has 1 atom stereocenters. The third-order valence-electron chi connectivity index (χ3n) is 2.71. The summed E-state index contributed by atoms with van der Waals surface area (Å²) >= 11 is 1.51. The van der Waals surface area contributed by atoms with Gasteiger partial charge in [-0.1, -0.05) is 18.2 Å². The maximum Gasteiger partial charge on any atom is 0.237 e. The van der Waals surface area contributed by atoms with Gasteiger partial charge in [-0.05, 0) is 43.3 Å². The molecule has 0 saturated carbocycles. The van der Waals surface area contributed by atoms with Crippen LogP contribution in [0.15, 0.2) is 59.5 Å². The molecule has 0 heterocycles. The lowest BCUT2D eigenvalue weighted by molar-refractivity contribution is -0.115. The molecule has 2 rings (SSSR count). The van der Waals surface area contributed by atoms with E-state index in [0.717, 1.165) is 4.90 Å². The Labute approximate surface area is 122 Å². The molecular formula is C16H14N2OS. The molecule has 0 aliphatic carbocycles. The second kappa shape index (κ2) is 6.78. The maximum absolute atomic E-state index is 12.1. The minimum Gasteiger partial charge on any atom is -0.325 e. The first kappa shape index (κ1) is 14.2. The van der Waals surface area contributed by atoms with Crippen LogP contribution in [-0.2, 0) is 4.79 Å². The van der Waals surface area contributed by atoms with E-state index in [1.807, 2.05) is 43.3 Å². The SMILES string of the molecule is CC(Sc1ccccc1)C(=O)Nc1ccc(C#N)cc1. The normalized spacial score (nSPS) is 11.4. The number of benzene rings is 2. The van der Waals surface area contributed by atoms with Crippen molar-refractivity contribution in [3.05, 3.63) is 60.2 Å². The van der Waals surface area contributed by atoms with Gasteiger partial charge in [0.25, 0.3) is 0 Å². The standard InChI is InChI=1S/C16H14N2OS/c1-12(20-15-5-3-2-4-6-15)16(19)18-14-9-7-13(11-17)8-10-14/h2-10,12H,1H3,(H,18,19). The Morgan fingerprint density at radius 1 is 1.15 bits per heavy atom. The van der Waals surface area contributed by atoms with Crippen LogP contribution in [0.3, 0.4) is 0 Å². The number of amides is 1. The number of anilines is 1. The van der Waals surface area contributed by atoms with E-state index >= 15 is 0 Å². The van der Waals surface area contributed by atoms with Crippen LogP contribution in [0, 0.1) is 11.3 Å². The highest BCUT2D eigenvalue weighted by atomic mass is 32.2. The largest absolute Gasteiger partial charge is 0.325 e. The number of hydrogen-bond donors (Lipinski definition) is 1. The molecule has 2 aromatic carbocycles. The van der Waals surface area contributed by atoms with Crippen molar-refractivity contribution < 1.29 is 4.79 Å². The number of carbonyl (C=O) groups is 1. The van der Waals surface area contributed by atoms with Crippen molar-refractivity contribution in [3.63, 3.8) is 0 Å². The Balaban J connectivity index is 1.95. The monoisotopic (exact) mass is 282 g/mol. The van der Waals surface area contributed by atoms with Crippen LogP contribution in [-0.4, -0.2) is 11.2 Å². The quantitative estimate of drug-likeness (QED) is 0.870. The summed E-state index contributed by atoms with van der Waals surface area (Å²) in [5, 5.41) is 11.4. The number of nitrogens with one attached hydrogen (secondary N) is 1. The Morgan fingerprint density at radius 2 is 1.80 bits per heavy atom. The predicted molar refractivity (Wildman–Crippen MR) is 81.5 cm³/mol. The zero-order valence-corrected chi connectivity index (χ0v) is 11.9. The molecule has 20 heavy (non-hydrogen) atoms. The van der Waals surface area contributed by atoms with Crippen molar-refractivity contribution >= 4 is 23.4 Å². The van der Waals surface area contributed by atoms with E-state index in [1.165, 1.54) is 11.8 Å². The summed E-state index contributed by atoms with van der Waals surface area (Å²) in [4.78, 5) is 13.1. The van der Waals surface area contributed by atoms with Crippen LogP contribution >= 0.6 is 11.8 Å². The van der Waals surface area contributed by atoms with Gasteiger partial charge in [0, 0.05) is 10.6 Å². The molecule has 4 heteroatoms. The first-order valence-electron chi connectivity index (χ1n) is 6.22. The van der Waals surface area contributed by atoms with Crippen LogP contribution in [0.25, 0.3) is 0 Å². The molecule has 100 valence electrons. The molecule has 0 spiro atoms. The van der Waals surface area contributed by atoms with Gasteiger partial charge in [-0.15, -0.1) is 11.8 Å². The number of hydrogen-bond acceptors (Lipinski definition) is 3. The van der Waals surface area contributed by atoms with E-state index < -0.39 is 0 Å². The summed E-state index contributed by atoms with van der Waals surface area (Å²) in [7, 11) is 0. The lowest BCUT2D eigenvalue weighted by atomic mass is 10.2. The second-order valence-electron chi connectivity index (χ2n) is 4.25. The van der Waals surface area contributed by atoms with Crippen LogP contribution in [0.2, 0.25) is 0 Å². The summed E-state index contributed by atoms with van der Waals surface area (Å²) in [5.74, 6) is -0.0523. The molecule has 2 aromatic rings. The van der Waals surface area contributed by atoms with Gasteiger partial charge < -0.3 is 5.32 Å². The van der Waals surface area contributed by atoms with E-state index in [4.69, 9.17) is 5.26 Å². The van der Waals surface area contributed by atoms with Crippen molar-refractivity contribution in [2.45, 2.75) is 17.1 Å². The summed E-state index contributed by atoms with van der Waals surface area (Å²) in [6.07, 6.45) is 0. The lowest BCUT2D eigenvalue weighted by Gasteiger charge is -2.12. The average molecular weight is 282 g/mol. The molecule has 0 bridgehead atoms. The highest BCUT2D eigenvalue weighted by molar-refractivity contribution is 8.00. The van der Waals surface area contributed by atoms with E-state index in [1.54, 1.807) is 24.3 Å². The van der Waals surface area contributed by atoms with E-state index in [-0.39, 0.29) is 11.2 Å². The van der Waals surface area contributed by atoms with Crippen LogP contribution in [0.1, 0.15) is 12.5 Å². The number of rotatable bonds is 4. The molecule has 0 aliphatic rings. The second-order valence-corrected chi connectivity index (χ2v) is 5.67. The summed E-state index contributed by atoms with van der Waals surface area (Å²) in [6, 6.07) is 18.7. The summed E-state index contributed by atoms with van der Waals surface area (Å²) in [6.45, 7) is 1.87. The zero-order chi connectivity index (χ0) is 14.4. The third-order valence-corrected chi connectivity index (χ3v) is 3.82. The van der Waals surface area contributed by atoms with Crippen molar-refractivity contribution in [2.24, 2.45) is 0 Å². The van der Waals surface area contributed by atoms with Crippen molar-refractivity contribution in [1.82, 2.24) is 0 Å². The first-order valence-corrected chi connectivity index (χ1v) is 7.10. The van der Waals surface area contributed by atoms with Crippen molar-refractivity contribution in [3.8, 4) is 6.07 Å². The van der Waals surface area contributed by atoms with Gasteiger partial charge in [0.1, 0.15) is 0 Å². The van der Waals surface area contributed by atoms with Gasteiger partial charge >= 0.3 is 0 Å². The van der Waals surface area contributed by atoms with E-state index in [2.05, 4.69) is 5.32 Å². The fraction of sp³-hybridized carbons (Fsp3) is 0.125. The average Bonchev–Trinajstić information content (AvgIpc) is 2.49.